The number of nitrogens with zero attached hydrogens (tertiary/aromatic N) is 2. The first-order valence-electron chi connectivity index (χ1n) is 7.70. The van der Waals surface area contributed by atoms with Gasteiger partial charge in [0, 0.05) is 25.7 Å². The van der Waals surface area contributed by atoms with Crippen LogP contribution in [0.2, 0.25) is 0 Å². The van der Waals surface area contributed by atoms with Crippen LogP contribution in [0.4, 0.5) is 0 Å². The Bertz CT molecular complexity index is 276. The van der Waals surface area contributed by atoms with Gasteiger partial charge < -0.3 is 23.3 Å². The van der Waals surface area contributed by atoms with Crippen LogP contribution in [0, 0.1) is 0 Å². The van der Waals surface area contributed by atoms with Crippen molar-refractivity contribution in [3.8, 4) is 0 Å². The highest BCUT2D eigenvalue weighted by atomic mass is 16.5. The summed E-state index contributed by atoms with van der Waals surface area (Å²) < 4.78 is 7.52. The van der Waals surface area contributed by atoms with Gasteiger partial charge in [0.2, 0.25) is 0 Å². The first-order chi connectivity index (χ1) is 9.62. The van der Waals surface area contributed by atoms with E-state index in [4.69, 9.17) is 4.74 Å². The fourth-order valence-electron chi connectivity index (χ4n) is 2.25. The highest BCUT2D eigenvalue weighted by molar-refractivity contribution is 5.49. The van der Waals surface area contributed by atoms with Crippen molar-refractivity contribution in [3.63, 3.8) is 0 Å². The maximum absolute atomic E-state index is 10.6. The van der Waals surface area contributed by atoms with E-state index in [1.165, 1.54) is 0 Å². The Kier molecular flexibility index (Phi) is 8.94. The second-order valence-electron chi connectivity index (χ2n) is 7.57. The van der Waals surface area contributed by atoms with E-state index in [1.807, 2.05) is 0 Å². The molecular weight excluding hydrogens is 268 g/mol. The van der Waals surface area contributed by atoms with E-state index in [0.717, 1.165) is 34.4 Å². The summed E-state index contributed by atoms with van der Waals surface area (Å²) in [5.74, 6) is 0. The van der Waals surface area contributed by atoms with Crippen LogP contribution in [-0.2, 0) is 14.3 Å². The molecule has 0 aliphatic heterocycles. The zero-order valence-electron chi connectivity index (χ0n) is 14.7. The van der Waals surface area contributed by atoms with Crippen molar-refractivity contribution >= 4 is 12.6 Å². The Morgan fingerprint density at radius 2 is 1.10 bits per heavy atom. The van der Waals surface area contributed by atoms with Crippen molar-refractivity contribution < 1.29 is 23.3 Å². The van der Waals surface area contributed by atoms with Crippen molar-refractivity contribution in [1.29, 1.82) is 0 Å². The van der Waals surface area contributed by atoms with Crippen LogP contribution in [0.15, 0.2) is 0 Å². The second kappa shape index (κ2) is 9.28. The van der Waals surface area contributed by atoms with Gasteiger partial charge >= 0.3 is 0 Å². The molecule has 0 spiro atoms. The standard InChI is InChI=1S/C16H34N2O3/c1-17(2,3)15(9-7-11-19)13-21-14-16(10-8-12-20)18(4,5)6/h11-12,15-16H,7-10,13-14H2,1-6H3/q+2. The van der Waals surface area contributed by atoms with Crippen molar-refractivity contribution in [1.82, 2.24) is 0 Å². The molecule has 2 unspecified atom stereocenters. The molecule has 0 saturated heterocycles. The zero-order valence-corrected chi connectivity index (χ0v) is 14.7. The SMILES string of the molecule is C[N+](C)(C)C(CCC=O)COCC(CCC=O)[N+](C)(C)C. The lowest BCUT2D eigenvalue weighted by atomic mass is 10.1. The van der Waals surface area contributed by atoms with E-state index in [1.54, 1.807) is 0 Å². The minimum absolute atomic E-state index is 0.314. The summed E-state index contributed by atoms with van der Waals surface area (Å²) in [7, 11) is 12.8. The Morgan fingerprint density at radius 3 is 1.33 bits per heavy atom. The predicted molar refractivity (Wildman–Crippen MR) is 85.1 cm³/mol. The molecule has 5 nitrogen and oxygen atoms in total. The number of aldehydes is 2. The molecule has 5 heteroatoms. The first kappa shape index (κ1) is 20.2. The van der Waals surface area contributed by atoms with Crippen LogP contribution in [0.1, 0.15) is 25.7 Å². The van der Waals surface area contributed by atoms with Crippen molar-refractivity contribution in [2.75, 3.05) is 55.5 Å². The summed E-state index contributed by atoms with van der Waals surface area (Å²) in [4.78, 5) is 21.2. The van der Waals surface area contributed by atoms with Gasteiger partial charge in [-0.15, -0.1) is 0 Å². The molecule has 0 aliphatic carbocycles. The summed E-state index contributed by atoms with van der Waals surface area (Å²) >= 11 is 0. The molecule has 21 heavy (non-hydrogen) atoms. The fraction of sp³-hybridized carbons (Fsp3) is 0.875. The number of carbonyl (C=O) groups is 2. The highest BCUT2D eigenvalue weighted by Crippen LogP contribution is 2.13. The first-order valence-corrected chi connectivity index (χ1v) is 7.70. The molecular formula is C16H34N2O3+2. The molecule has 0 aromatic rings. The van der Waals surface area contributed by atoms with Crippen molar-refractivity contribution in [2.45, 2.75) is 37.8 Å². The molecule has 0 aromatic heterocycles. The van der Waals surface area contributed by atoms with Gasteiger partial charge in [0.05, 0.1) is 55.5 Å². The molecule has 0 aromatic carbocycles. The molecule has 0 fully saturated rings. The van der Waals surface area contributed by atoms with Crippen LogP contribution in [0.3, 0.4) is 0 Å². The maximum atomic E-state index is 10.6. The Morgan fingerprint density at radius 1 is 0.762 bits per heavy atom. The minimum atomic E-state index is 0.314. The van der Waals surface area contributed by atoms with E-state index in [2.05, 4.69) is 42.3 Å². The van der Waals surface area contributed by atoms with Gasteiger partial charge in [0.1, 0.15) is 24.7 Å². The molecule has 0 saturated carbocycles. The molecule has 0 N–H and O–H groups in total. The van der Waals surface area contributed by atoms with Crippen LogP contribution >= 0.6 is 0 Å². The number of ether oxygens (including phenoxy) is 1. The van der Waals surface area contributed by atoms with Gasteiger partial charge in [0.15, 0.2) is 0 Å². The third-order valence-corrected chi connectivity index (χ3v) is 4.05. The van der Waals surface area contributed by atoms with Crippen molar-refractivity contribution in [2.24, 2.45) is 0 Å². The third kappa shape index (κ3) is 8.96. The normalized spacial score (nSPS) is 15.5. The van der Waals surface area contributed by atoms with E-state index in [-0.39, 0.29) is 0 Å². The van der Waals surface area contributed by atoms with E-state index >= 15 is 0 Å². The van der Waals surface area contributed by atoms with Gasteiger partial charge in [-0.2, -0.15) is 0 Å². The van der Waals surface area contributed by atoms with E-state index in [9.17, 15) is 9.59 Å². The van der Waals surface area contributed by atoms with Crippen LogP contribution < -0.4 is 0 Å². The Labute approximate surface area is 130 Å². The van der Waals surface area contributed by atoms with Gasteiger partial charge in [-0.3, -0.25) is 0 Å². The maximum Gasteiger partial charge on any atom is 0.120 e. The molecule has 2 atom stereocenters. The molecule has 0 heterocycles. The van der Waals surface area contributed by atoms with E-state index in [0.29, 0.717) is 38.1 Å². The van der Waals surface area contributed by atoms with Gasteiger partial charge in [-0.1, -0.05) is 0 Å². The average Bonchev–Trinajstić information content (AvgIpc) is 2.34. The number of likely N-dealkylation sites (N-methyl/N-ethyl adjacent to an activating group) is 2. The van der Waals surface area contributed by atoms with Crippen molar-refractivity contribution in [3.05, 3.63) is 0 Å². The van der Waals surface area contributed by atoms with E-state index < -0.39 is 0 Å². The molecule has 0 rings (SSSR count). The largest absolute Gasteiger partial charge is 0.369 e. The number of hydrogen-bond donors (Lipinski definition) is 0. The van der Waals surface area contributed by atoms with Crippen LogP contribution in [0.5, 0.6) is 0 Å². The lowest BCUT2D eigenvalue weighted by Gasteiger charge is -2.36. The monoisotopic (exact) mass is 302 g/mol. The quantitative estimate of drug-likeness (QED) is 0.401. The van der Waals surface area contributed by atoms with Gasteiger partial charge in [-0.05, 0) is 0 Å². The molecule has 0 aliphatic rings. The second-order valence-corrected chi connectivity index (χ2v) is 7.57. The number of carbonyl (C=O) groups excluding carboxylic acids is 2. The lowest BCUT2D eigenvalue weighted by Crippen LogP contribution is -2.50. The third-order valence-electron chi connectivity index (χ3n) is 4.05. The van der Waals surface area contributed by atoms with Crippen LogP contribution in [0.25, 0.3) is 0 Å². The highest BCUT2D eigenvalue weighted by Gasteiger charge is 2.27. The summed E-state index contributed by atoms with van der Waals surface area (Å²) in [5, 5.41) is 0. The smallest absolute Gasteiger partial charge is 0.120 e. The number of rotatable bonds is 12. The lowest BCUT2D eigenvalue weighted by molar-refractivity contribution is -0.901. The molecule has 0 amide bonds. The summed E-state index contributed by atoms with van der Waals surface area (Å²) in [5.41, 5.74) is 0. The molecule has 124 valence electrons. The zero-order chi connectivity index (χ0) is 16.5. The van der Waals surface area contributed by atoms with Gasteiger partial charge in [-0.25, -0.2) is 0 Å². The number of quaternary nitrogens is 2. The fourth-order valence-corrected chi connectivity index (χ4v) is 2.25. The average molecular weight is 302 g/mol. The molecule has 0 bridgehead atoms. The summed E-state index contributed by atoms with van der Waals surface area (Å²) in [6.45, 7) is 1.30. The number of hydrogen-bond acceptors (Lipinski definition) is 3. The predicted octanol–water partition coefficient (Wildman–Crippen LogP) is 1.11. The summed E-state index contributed by atoms with van der Waals surface area (Å²) in [6.07, 6.45) is 4.79. The minimum Gasteiger partial charge on any atom is -0.369 e. The Balaban J connectivity index is 4.43. The van der Waals surface area contributed by atoms with Crippen LogP contribution in [-0.4, -0.2) is 89.1 Å². The van der Waals surface area contributed by atoms with Gasteiger partial charge in [0.25, 0.3) is 0 Å². The summed E-state index contributed by atoms with van der Waals surface area (Å²) in [6, 6.07) is 0.628. The molecule has 0 radical (unpaired) electrons. The Hall–Kier alpha value is -0.780. The topological polar surface area (TPSA) is 43.4 Å².